The fourth-order valence-electron chi connectivity index (χ4n) is 5.16. The number of hydrogen-bond donors (Lipinski definition) is 1. The monoisotopic (exact) mass is 619 g/mol. The summed E-state index contributed by atoms with van der Waals surface area (Å²) < 4.78 is 82.7. The predicted molar refractivity (Wildman–Crippen MR) is 154 cm³/mol. The molecule has 4 rings (SSSR count). The fourth-order valence-corrected chi connectivity index (χ4v) is 6.59. The van der Waals surface area contributed by atoms with Gasteiger partial charge < -0.3 is 10.2 Å². The number of nitrogens with one attached hydrogen (secondary N) is 1. The van der Waals surface area contributed by atoms with E-state index in [1.54, 1.807) is 13.0 Å². The summed E-state index contributed by atoms with van der Waals surface area (Å²) in [4.78, 5) is 28.5. The molecule has 0 heterocycles. The van der Waals surface area contributed by atoms with Crippen LogP contribution in [0.1, 0.15) is 50.2 Å². The number of benzene rings is 3. The van der Waals surface area contributed by atoms with Crippen LogP contribution in [0.3, 0.4) is 0 Å². The first-order valence-corrected chi connectivity index (χ1v) is 15.4. The molecule has 3 aromatic rings. The van der Waals surface area contributed by atoms with Gasteiger partial charge in [0.2, 0.25) is 11.8 Å². The average Bonchev–Trinajstić information content (AvgIpc) is 3.49. The zero-order valence-electron chi connectivity index (χ0n) is 23.6. The molecular formula is C31H33F4N3O4S. The Hall–Kier alpha value is -3.93. The Labute approximate surface area is 248 Å². The van der Waals surface area contributed by atoms with Gasteiger partial charge in [-0.25, -0.2) is 12.8 Å². The SMILES string of the molecule is CC[C@@H](C(=O)NC1CCCC1)N(Cc1ccc(F)cc1)C(=O)CN(c1cccc(C(F)(F)F)c1)S(=O)(=O)c1ccccc1. The minimum absolute atomic E-state index is 0.0515. The van der Waals surface area contributed by atoms with Crippen molar-refractivity contribution in [3.05, 3.63) is 95.8 Å². The minimum Gasteiger partial charge on any atom is -0.352 e. The van der Waals surface area contributed by atoms with E-state index >= 15 is 0 Å². The van der Waals surface area contributed by atoms with Gasteiger partial charge in [-0.2, -0.15) is 13.2 Å². The molecule has 0 bridgehead atoms. The van der Waals surface area contributed by atoms with Crippen molar-refractivity contribution >= 4 is 27.5 Å². The Morgan fingerprint density at radius 2 is 1.60 bits per heavy atom. The first kappa shape index (κ1) is 32.0. The third-order valence-electron chi connectivity index (χ3n) is 7.43. The Balaban J connectivity index is 1.74. The topological polar surface area (TPSA) is 86.8 Å². The Morgan fingerprint density at radius 3 is 2.21 bits per heavy atom. The molecule has 0 radical (unpaired) electrons. The summed E-state index contributed by atoms with van der Waals surface area (Å²) in [5.74, 6) is -1.73. The molecule has 0 saturated heterocycles. The molecule has 0 spiro atoms. The minimum atomic E-state index is -4.76. The number of halogens is 4. The summed E-state index contributed by atoms with van der Waals surface area (Å²) in [7, 11) is -4.53. The quantitative estimate of drug-likeness (QED) is 0.271. The first-order chi connectivity index (χ1) is 20.4. The molecule has 0 aliphatic heterocycles. The van der Waals surface area contributed by atoms with E-state index in [0.717, 1.165) is 37.8 Å². The lowest BCUT2D eigenvalue weighted by Gasteiger charge is -2.34. The largest absolute Gasteiger partial charge is 0.416 e. The van der Waals surface area contributed by atoms with Crippen molar-refractivity contribution in [2.45, 2.75) is 68.7 Å². The maximum atomic E-state index is 14.0. The number of nitrogens with zero attached hydrogens (tertiary/aromatic N) is 2. The van der Waals surface area contributed by atoms with Crippen molar-refractivity contribution in [1.29, 1.82) is 0 Å². The van der Waals surface area contributed by atoms with Crippen molar-refractivity contribution in [3.8, 4) is 0 Å². The van der Waals surface area contributed by atoms with E-state index in [0.29, 0.717) is 15.9 Å². The van der Waals surface area contributed by atoms with Crippen molar-refractivity contribution in [2.75, 3.05) is 10.8 Å². The van der Waals surface area contributed by atoms with Crippen LogP contribution in [0.25, 0.3) is 0 Å². The lowest BCUT2D eigenvalue weighted by atomic mass is 10.1. The van der Waals surface area contributed by atoms with E-state index in [4.69, 9.17) is 0 Å². The Kier molecular flexibility index (Phi) is 10.1. The summed E-state index contributed by atoms with van der Waals surface area (Å²) in [5.41, 5.74) is -0.966. The smallest absolute Gasteiger partial charge is 0.352 e. The second-order valence-electron chi connectivity index (χ2n) is 10.4. The van der Waals surface area contributed by atoms with Gasteiger partial charge in [-0.05, 0) is 67.3 Å². The second-order valence-corrected chi connectivity index (χ2v) is 12.3. The predicted octanol–water partition coefficient (Wildman–Crippen LogP) is 5.91. The molecule has 1 fully saturated rings. The summed E-state index contributed by atoms with van der Waals surface area (Å²) in [6, 6.07) is 15.0. The van der Waals surface area contributed by atoms with Gasteiger partial charge >= 0.3 is 6.18 Å². The van der Waals surface area contributed by atoms with Gasteiger partial charge in [0.1, 0.15) is 18.4 Å². The highest BCUT2D eigenvalue weighted by molar-refractivity contribution is 7.92. The third-order valence-corrected chi connectivity index (χ3v) is 9.21. The van der Waals surface area contributed by atoms with E-state index < -0.39 is 52.0 Å². The van der Waals surface area contributed by atoms with Crippen molar-refractivity contribution in [2.24, 2.45) is 0 Å². The van der Waals surface area contributed by atoms with Gasteiger partial charge in [0.25, 0.3) is 10.0 Å². The molecule has 43 heavy (non-hydrogen) atoms. The van der Waals surface area contributed by atoms with Crippen LogP contribution in [0.15, 0.2) is 83.8 Å². The summed E-state index contributed by atoms with van der Waals surface area (Å²) in [6.07, 6.45) is -1.06. The van der Waals surface area contributed by atoms with Crippen LogP contribution in [0, 0.1) is 5.82 Å². The molecule has 1 atom stereocenters. The summed E-state index contributed by atoms with van der Waals surface area (Å²) in [6.45, 7) is 0.666. The van der Waals surface area contributed by atoms with Gasteiger partial charge in [-0.15, -0.1) is 0 Å². The fraction of sp³-hybridized carbons (Fsp3) is 0.355. The number of carbonyl (C=O) groups excluding carboxylic acids is 2. The molecule has 2 amide bonds. The summed E-state index contributed by atoms with van der Waals surface area (Å²) in [5, 5.41) is 2.98. The molecule has 1 aliphatic carbocycles. The Morgan fingerprint density at radius 1 is 0.953 bits per heavy atom. The molecule has 0 aromatic heterocycles. The van der Waals surface area contributed by atoms with Crippen LogP contribution in [0.4, 0.5) is 23.2 Å². The summed E-state index contributed by atoms with van der Waals surface area (Å²) >= 11 is 0. The standard InChI is InChI=1S/C31H33F4N3O4S/c1-2-28(30(40)36-25-10-6-7-11-25)37(20-22-15-17-24(32)18-16-22)29(39)21-38(43(41,42)27-13-4-3-5-14-27)26-12-8-9-23(19-26)31(33,34)35/h3-5,8-9,12-19,25,28H,2,6-7,10-11,20-21H2,1H3,(H,36,40)/t28-/m0/s1. The van der Waals surface area contributed by atoms with Crippen LogP contribution >= 0.6 is 0 Å². The van der Waals surface area contributed by atoms with E-state index in [2.05, 4.69) is 5.32 Å². The molecule has 1 aliphatic rings. The number of alkyl halides is 3. The van der Waals surface area contributed by atoms with E-state index in [1.807, 2.05) is 0 Å². The second kappa shape index (κ2) is 13.6. The molecule has 7 nitrogen and oxygen atoms in total. The van der Waals surface area contributed by atoms with E-state index in [1.165, 1.54) is 59.5 Å². The van der Waals surface area contributed by atoms with Crippen LogP contribution in [-0.2, 0) is 32.3 Å². The molecule has 0 unspecified atom stereocenters. The molecule has 12 heteroatoms. The average molecular weight is 620 g/mol. The number of anilines is 1. The zero-order valence-corrected chi connectivity index (χ0v) is 24.4. The lowest BCUT2D eigenvalue weighted by Crippen LogP contribution is -2.53. The number of hydrogen-bond acceptors (Lipinski definition) is 4. The van der Waals surface area contributed by atoms with Crippen LogP contribution in [0.2, 0.25) is 0 Å². The molecule has 230 valence electrons. The molecule has 1 saturated carbocycles. The zero-order chi connectivity index (χ0) is 31.2. The van der Waals surface area contributed by atoms with Crippen molar-refractivity contribution < 1.29 is 35.6 Å². The van der Waals surface area contributed by atoms with Crippen molar-refractivity contribution in [1.82, 2.24) is 10.2 Å². The Bertz CT molecular complexity index is 1510. The highest BCUT2D eigenvalue weighted by Crippen LogP contribution is 2.33. The normalized spacial score (nSPS) is 14.7. The van der Waals surface area contributed by atoms with Gasteiger partial charge in [0.05, 0.1) is 16.1 Å². The van der Waals surface area contributed by atoms with Crippen LogP contribution in [-0.4, -0.2) is 43.8 Å². The maximum absolute atomic E-state index is 14.0. The van der Waals surface area contributed by atoms with Crippen molar-refractivity contribution in [3.63, 3.8) is 0 Å². The molecular weight excluding hydrogens is 586 g/mol. The van der Waals surface area contributed by atoms with E-state index in [-0.39, 0.29) is 29.6 Å². The van der Waals surface area contributed by atoms with Gasteiger partial charge in [-0.1, -0.05) is 56.2 Å². The number of amides is 2. The van der Waals surface area contributed by atoms with E-state index in [9.17, 15) is 35.6 Å². The first-order valence-electron chi connectivity index (χ1n) is 14.0. The lowest BCUT2D eigenvalue weighted by molar-refractivity contribution is -0.140. The van der Waals surface area contributed by atoms with Crippen LogP contribution in [0.5, 0.6) is 0 Å². The maximum Gasteiger partial charge on any atom is 0.416 e. The number of carbonyl (C=O) groups is 2. The van der Waals surface area contributed by atoms with Gasteiger partial charge in [0, 0.05) is 12.6 Å². The third kappa shape index (κ3) is 7.92. The number of rotatable bonds is 11. The molecule has 1 N–H and O–H groups in total. The van der Waals surface area contributed by atoms with Gasteiger partial charge in [-0.3, -0.25) is 13.9 Å². The highest BCUT2D eigenvalue weighted by Gasteiger charge is 2.36. The van der Waals surface area contributed by atoms with Gasteiger partial charge in [0.15, 0.2) is 0 Å². The van der Waals surface area contributed by atoms with Crippen LogP contribution < -0.4 is 9.62 Å². The molecule has 3 aromatic carbocycles. The highest BCUT2D eigenvalue weighted by atomic mass is 32.2. The number of sulfonamides is 1.